The van der Waals surface area contributed by atoms with E-state index in [1.807, 2.05) is 6.07 Å². The predicted octanol–water partition coefficient (Wildman–Crippen LogP) is 4.22. The zero-order valence-corrected chi connectivity index (χ0v) is 15.7. The molecular formula is C22H17FN4O3. The van der Waals surface area contributed by atoms with E-state index in [0.717, 1.165) is 16.5 Å². The van der Waals surface area contributed by atoms with Crippen LogP contribution in [0.2, 0.25) is 0 Å². The van der Waals surface area contributed by atoms with E-state index in [4.69, 9.17) is 10.5 Å². The van der Waals surface area contributed by atoms with Crippen LogP contribution in [0.1, 0.15) is 15.9 Å². The van der Waals surface area contributed by atoms with Crippen LogP contribution in [0.5, 0.6) is 0 Å². The molecule has 0 saturated heterocycles. The van der Waals surface area contributed by atoms with Crippen LogP contribution in [0.3, 0.4) is 0 Å². The number of fused-ring (bicyclic) bond motifs is 1. The minimum atomic E-state index is -0.639. The van der Waals surface area contributed by atoms with Crippen LogP contribution in [0.15, 0.2) is 66.7 Å². The highest BCUT2D eigenvalue weighted by Gasteiger charge is 2.12. The number of amides is 2. The average molecular weight is 404 g/mol. The number of carbonyl (C=O) groups is 2. The van der Waals surface area contributed by atoms with Gasteiger partial charge in [0, 0.05) is 22.2 Å². The van der Waals surface area contributed by atoms with Crippen LogP contribution in [0, 0.1) is 5.82 Å². The number of nitrogens with zero attached hydrogens (tertiary/aromatic N) is 1. The van der Waals surface area contributed by atoms with E-state index < -0.39 is 12.0 Å². The number of aromatic nitrogens is 2. The summed E-state index contributed by atoms with van der Waals surface area (Å²) in [5, 5.41) is 10.6. The topological polar surface area (TPSA) is 110 Å². The Morgan fingerprint density at radius 1 is 1.07 bits per heavy atom. The Labute approximate surface area is 170 Å². The van der Waals surface area contributed by atoms with Crippen molar-refractivity contribution < 1.29 is 18.7 Å². The summed E-state index contributed by atoms with van der Waals surface area (Å²) in [6.07, 6.45) is -0.639. The lowest BCUT2D eigenvalue weighted by Crippen LogP contribution is -2.13. The van der Waals surface area contributed by atoms with Gasteiger partial charge >= 0.3 is 6.09 Å². The molecule has 8 heteroatoms. The number of hydrogen-bond acceptors (Lipinski definition) is 4. The van der Waals surface area contributed by atoms with Gasteiger partial charge in [0.25, 0.3) is 0 Å². The number of H-pyrrole nitrogens is 1. The van der Waals surface area contributed by atoms with Crippen molar-refractivity contribution in [1.82, 2.24) is 10.2 Å². The number of primary amides is 1. The molecule has 0 aliphatic carbocycles. The van der Waals surface area contributed by atoms with Gasteiger partial charge < -0.3 is 10.5 Å². The number of rotatable bonds is 5. The molecule has 1 aromatic heterocycles. The molecule has 0 unspecified atom stereocenters. The van der Waals surface area contributed by atoms with Crippen LogP contribution >= 0.6 is 0 Å². The molecule has 4 N–H and O–H groups in total. The minimum Gasteiger partial charge on any atom is -0.444 e. The van der Waals surface area contributed by atoms with E-state index in [2.05, 4.69) is 15.5 Å². The molecule has 0 atom stereocenters. The van der Waals surface area contributed by atoms with Crippen LogP contribution < -0.4 is 11.1 Å². The zero-order valence-electron chi connectivity index (χ0n) is 15.7. The number of ether oxygens (including phenoxy) is 1. The molecule has 2 amide bonds. The second kappa shape index (κ2) is 8.04. The predicted molar refractivity (Wildman–Crippen MR) is 110 cm³/mol. The van der Waals surface area contributed by atoms with Gasteiger partial charge in [-0.1, -0.05) is 24.3 Å². The van der Waals surface area contributed by atoms with E-state index in [-0.39, 0.29) is 12.4 Å². The molecule has 30 heavy (non-hydrogen) atoms. The average Bonchev–Trinajstić information content (AvgIpc) is 3.17. The second-order valence-corrected chi connectivity index (χ2v) is 6.61. The SMILES string of the molecule is NC(=O)c1ccc2[nH]nc(-c3cccc(NC(=O)OCc4ccc(F)cc4)c3)c2c1. The molecule has 0 fully saturated rings. The highest BCUT2D eigenvalue weighted by molar-refractivity contribution is 6.01. The molecule has 0 bridgehead atoms. The summed E-state index contributed by atoms with van der Waals surface area (Å²) in [4.78, 5) is 23.6. The van der Waals surface area contributed by atoms with Gasteiger partial charge in [0.15, 0.2) is 0 Å². The van der Waals surface area contributed by atoms with Crippen molar-refractivity contribution in [1.29, 1.82) is 0 Å². The van der Waals surface area contributed by atoms with Crippen molar-refractivity contribution in [3.8, 4) is 11.3 Å². The minimum absolute atomic E-state index is 0.0195. The molecule has 0 aliphatic rings. The number of carbonyl (C=O) groups excluding carboxylic acids is 2. The molecule has 7 nitrogen and oxygen atoms in total. The first kappa shape index (κ1) is 19.1. The fraction of sp³-hybridized carbons (Fsp3) is 0.0455. The Morgan fingerprint density at radius 2 is 1.87 bits per heavy atom. The Balaban J connectivity index is 1.50. The van der Waals surface area contributed by atoms with Crippen molar-refractivity contribution in [2.24, 2.45) is 5.73 Å². The summed E-state index contributed by atoms with van der Waals surface area (Å²) >= 11 is 0. The van der Waals surface area contributed by atoms with Crippen molar-refractivity contribution in [2.75, 3.05) is 5.32 Å². The molecule has 150 valence electrons. The summed E-state index contributed by atoms with van der Waals surface area (Å²) < 4.78 is 18.1. The Kier molecular flexibility index (Phi) is 5.13. The summed E-state index contributed by atoms with van der Waals surface area (Å²) in [5.41, 5.74) is 9.05. The van der Waals surface area contributed by atoms with Gasteiger partial charge in [-0.05, 0) is 48.0 Å². The number of anilines is 1. The molecule has 4 rings (SSSR count). The molecule has 0 saturated carbocycles. The first-order valence-corrected chi connectivity index (χ1v) is 9.06. The lowest BCUT2D eigenvalue weighted by Gasteiger charge is -2.08. The molecule has 1 heterocycles. The molecule has 0 radical (unpaired) electrons. The maximum atomic E-state index is 12.9. The van der Waals surface area contributed by atoms with Gasteiger partial charge in [-0.15, -0.1) is 0 Å². The van der Waals surface area contributed by atoms with Crippen molar-refractivity contribution >= 4 is 28.6 Å². The first-order valence-electron chi connectivity index (χ1n) is 9.06. The molecule has 0 aliphatic heterocycles. The van der Waals surface area contributed by atoms with Gasteiger partial charge in [0.2, 0.25) is 5.91 Å². The van der Waals surface area contributed by atoms with E-state index in [9.17, 15) is 14.0 Å². The zero-order chi connectivity index (χ0) is 21.1. The fourth-order valence-corrected chi connectivity index (χ4v) is 3.02. The highest BCUT2D eigenvalue weighted by atomic mass is 19.1. The lowest BCUT2D eigenvalue weighted by atomic mass is 10.0. The normalized spacial score (nSPS) is 10.7. The van der Waals surface area contributed by atoms with Crippen LogP contribution in [-0.4, -0.2) is 22.2 Å². The van der Waals surface area contributed by atoms with Crippen LogP contribution in [-0.2, 0) is 11.3 Å². The molecule has 0 spiro atoms. The van der Waals surface area contributed by atoms with Crippen LogP contribution in [0.4, 0.5) is 14.9 Å². The smallest absolute Gasteiger partial charge is 0.411 e. The van der Waals surface area contributed by atoms with Crippen LogP contribution in [0.25, 0.3) is 22.2 Å². The third-order valence-corrected chi connectivity index (χ3v) is 4.51. The fourth-order valence-electron chi connectivity index (χ4n) is 3.02. The first-order chi connectivity index (χ1) is 14.5. The molecule has 3 aromatic carbocycles. The van der Waals surface area contributed by atoms with Crippen molar-refractivity contribution in [3.05, 3.63) is 83.7 Å². The largest absolute Gasteiger partial charge is 0.444 e. The van der Waals surface area contributed by atoms with Gasteiger partial charge in [-0.25, -0.2) is 9.18 Å². The third-order valence-electron chi connectivity index (χ3n) is 4.51. The molecule has 4 aromatic rings. The van der Waals surface area contributed by atoms with Gasteiger partial charge in [-0.2, -0.15) is 5.10 Å². The monoisotopic (exact) mass is 404 g/mol. The number of halogens is 1. The number of nitrogens with two attached hydrogens (primary N) is 1. The maximum Gasteiger partial charge on any atom is 0.411 e. The summed E-state index contributed by atoms with van der Waals surface area (Å²) in [7, 11) is 0. The standard InChI is InChI=1S/C22H17FN4O3/c23-16-7-4-13(5-8-16)12-30-22(29)25-17-3-1-2-14(10-17)20-18-11-15(21(24)28)6-9-19(18)26-27-20/h1-11H,12H2,(H2,24,28)(H,25,29)(H,26,27). The van der Waals surface area contributed by atoms with Gasteiger partial charge in [0.1, 0.15) is 12.4 Å². The quantitative estimate of drug-likeness (QED) is 0.463. The summed E-state index contributed by atoms with van der Waals surface area (Å²) in [6, 6.07) is 17.8. The van der Waals surface area contributed by atoms with Gasteiger partial charge in [-0.3, -0.25) is 15.2 Å². The van der Waals surface area contributed by atoms with E-state index in [0.29, 0.717) is 22.5 Å². The summed E-state index contributed by atoms with van der Waals surface area (Å²) in [6.45, 7) is 0.0195. The lowest BCUT2D eigenvalue weighted by molar-refractivity contribution is 0.100. The number of nitrogens with one attached hydrogen (secondary N) is 2. The van der Waals surface area contributed by atoms with E-state index >= 15 is 0 Å². The highest BCUT2D eigenvalue weighted by Crippen LogP contribution is 2.28. The Morgan fingerprint density at radius 3 is 2.63 bits per heavy atom. The van der Waals surface area contributed by atoms with Crippen molar-refractivity contribution in [2.45, 2.75) is 6.61 Å². The number of benzene rings is 3. The van der Waals surface area contributed by atoms with E-state index in [1.54, 1.807) is 48.5 Å². The Bertz CT molecular complexity index is 1230. The van der Waals surface area contributed by atoms with Crippen molar-refractivity contribution in [3.63, 3.8) is 0 Å². The van der Waals surface area contributed by atoms with Gasteiger partial charge in [0.05, 0.1) is 11.2 Å². The maximum absolute atomic E-state index is 12.9. The van der Waals surface area contributed by atoms with E-state index in [1.165, 1.54) is 12.1 Å². The summed E-state index contributed by atoms with van der Waals surface area (Å²) in [5.74, 6) is -0.878. The third kappa shape index (κ3) is 4.12. The number of aromatic amines is 1. The Hall–Kier alpha value is -4.20. The number of hydrogen-bond donors (Lipinski definition) is 3. The molecular weight excluding hydrogens is 387 g/mol. The second-order valence-electron chi connectivity index (χ2n) is 6.61.